The first-order valence-corrected chi connectivity index (χ1v) is 7.23. The Kier molecular flexibility index (Phi) is 2.68. The molecule has 1 aliphatic carbocycles. The molecule has 0 spiro atoms. The molecule has 0 unspecified atom stereocenters. The number of aryl methyl sites for hydroxylation is 2. The molecular formula is C10H15N3O3S. The van der Waals surface area contributed by atoms with Crippen molar-refractivity contribution in [1.29, 1.82) is 0 Å². The van der Waals surface area contributed by atoms with Gasteiger partial charge in [0, 0.05) is 19.3 Å². The topological polar surface area (TPSA) is 64.4 Å². The number of hydrogen-bond acceptors (Lipinski definition) is 4. The molecule has 2 heterocycles. The normalized spacial score (nSPS) is 21.6. The van der Waals surface area contributed by atoms with Gasteiger partial charge in [-0.25, -0.2) is 0 Å². The lowest BCUT2D eigenvalue weighted by Gasteiger charge is -2.25. The van der Waals surface area contributed by atoms with E-state index in [1.807, 2.05) is 0 Å². The summed E-state index contributed by atoms with van der Waals surface area (Å²) in [7, 11) is -3.48. The Balaban J connectivity index is 1.90. The van der Waals surface area contributed by atoms with Crippen molar-refractivity contribution in [1.82, 2.24) is 13.5 Å². The Morgan fingerprint density at radius 1 is 1.24 bits per heavy atom. The molecular weight excluding hydrogens is 242 g/mol. The third-order valence-corrected chi connectivity index (χ3v) is 4.93. The van der Waals surface area contributed by atoms with Crippen LogP contribution in [-0.4, -0.2) is 48.2 Å². The van der Waals surface area contributed by atoms with Crippen LogP contribution in [0.5, 0.6) is 0 Å². The van der Waals surface area contributed by atoms with Gasteiger partial charge in [0.2, 0.25) is 0 Å². The molecule has 1 aromatic rings. The van der Waals surface area contributed by atoms with Crippen LogP contribution in [0, 0.1) is 0 Å². The van der Waals surface area contributed by atoms with Crippen LogP contribution in [0.4, 0.5) is 0 Å². The summed E-state index contributed by atoms with van der Waals surface area (Å²) < 4.78 is 32.2. The zero-order chi connectivity index (χ0) is 11.9. The number of aromatic nitrogens is 2. The van der Waals surface area contributed by atoms with Crippen molar-refractivity contribution in [3.05, 3.63) is 17.5 Å². The van der Waals surface area contributed by atoms with Crippen LogP contribution < -0.4 is 0 Å². The second-order valence-electron chi connectivity index (χ2n) is 4.35. The quantitative estimate of drug-likeness (QED) is 0.736. The highest BCUT2D eigenvalue weighted by atomic mass is 32.2. The number of ether oxygens (including phenoxy) is 1. The molecule has 3 rings (SSSR count). The smallest absolute Gasteiger partial charge is 0.323 e. The van der Waals surface area contributed by atoms with Crippen molar-refractivity contribution in [2.45, 2.75) is 19.3 Å². The molecule has 0 radical (unpaired) electrons. The maximum absolute atomic E-state index is 12.3. The zero-order valence-electron chi connectivity index (χ0n) is 9.50. The summed E-state index contributed by atoms with van der Waals surface area (Å²) in [5.74, 6) is 0. The van der Waals surface area contributed by atoms with Gasteiger partial charge in [-0.15, -0.1) is 0 Å². The molecule has 1 fully saturated rings. The Labute approximate surface area is 100 Å². The fourth-order valence-electron chi connectivity index (χ4n) is 2.30. The van der Waals surface area contributed by atoms with Crippen molar-refractivity contribution < 1.29 is 13.2 Å². The Bertz CT molecular complexity index is 495. The van der Waals surface area contributed by atoms with E-state index >= 15 is 0 Å². The molecule has 2 aliphatic rings. The van der Waals surface area contributed by atoms with E-state index in [-0.39, 0.29) is 0 Å². The second kappa shape index (κ2) is 4.08. The fourth-order valence-corrected chi connectivity index (χ4v) is 3.61. The van der Waals surface area contributed by atoms with E-state index in [2.05, 4.69) is 5.10 Å². The molecule has 17 heavy (non-hydrogen) atoms. The van der Waals surface area contributed by atoms with Crippen molar-refractivity contribution in [3.63, 3.8) is 0 Å². The maximum atomic E-state index is 12.3. The largest absolute Gasteiger partial charge is 0.379 e. The monoisotopic (exact) mass is 257 g/mol. The summed E-state index contributed by atoms with van der Waals surface area (Å²) in [5.41, 5.74) is 2.00. The van der Waals surface area contributed by atoms with Crippen molar-refractivity contribution >= 4 is 10.2 Å². The molecule has 7 heteroatoms. The van der Waals surface area contributed by atoms with Crippen LogP contribution in [0.3, 0.4) is 0 Å². The highest BCUT2D eigenvalue weighted by Gasteiger charge is 2.28. The van der Waals surface area contributed by atoms with Gasteiger partial charge in [-0.3, -0.25) is 0 Å². The molecule has 0 bridgehead atoms. The lowest BCUT2D eigenvalue weighted by Crippen LogP contribution is -2.43. The van der Waals surface area contributed by atoms with Gasteiger partial charge < -0.3 is 4.74 Å². The van der Waals surface area contributed by atoms with E-state index in [1.165, 1.54) is 4.31 Å². The van der Waals surface area contributed by atoms with Gasteiger partial charge in [-0.1, -0.05) is 0 Å². The highest BCUT2D eigenvalue weighted by Crippen LogP contribution is 2.21. The van der Waals surface area contributed by atoms with E-state index in [1.54, 1.807) is 6.20 Å². The lowest BCUT2D eigenvalue weighted by molar-refractivity contribution is 0.0724. The van der Waals surface area contributed by atoms with Gasteiger partial charge in [0.15, 0.2) is 0 Å². The molecule has 0 saturated carbocycles. The number of rotatable bonds is 2. The first-order valence-electron chi connectivity index (χ1n) is 5.84. The first-order chi connectivity index (χ1) is 8.18. The van der Waals surface area contributed by atoms with E-state index in [4.69, 9.17) is 4.74 Å². The highest BCUT2D eigenvalue weighted by molar-refractivity contribution is 7.87. The number of morpholine rings is 1. The lowest BCUT2D eigenvalue weighted by atomic mass is 10.3. The van der Waals surface area contributed by atoms with Crippen molar-refractivity contribution in [2.75, 3.05) is 26.3 Å². The third kappa shape index (κ3) is 1.88. The minimum absolute atomic E-state index is 0.410. The van der Waals surface area contributed by atoms with Gasteiger partial charge in [-0.05, 0) is 24.8 Å². The molecule has 6 nitrogen and oxygen atoms in total. The summed E-state index contributed by atoms with van der Waals surface area (Å²) in [6.45, 7) is 1.74. The summed E-state index contributed by atoms with van der Waals surface area (Å²) in [6.07, 6.45) is 4.57. The van der Waals surface area contributed by atoms with E-state index in [0.717, 1.165) is 34.6 Å². The SMILES string of the molecule is O=S(=O)(N1CCOCC1)n1cc2c(n1)CCC2. The van der Waals surface area contributed by atoms with Crippen LogP contribution in [0.15, 0.2) is 6.20 Å². The van der Waals surface area contributed by atoms with Crippen LogP contribution >= 0.6 is 0 Å². The predicted octanol–water partition coefficient (Wildman–Crippen LogP) is -0.203. The van der Waals surface area contributed by atoms with Gasteiger partial charge in [0.1, 0.15) is 0 Å². The Morgan fingerprint density at radius 2 is 2.00 bits per heavy atom. The average Bonchev–Trinajstić information content (AvgIpc) is 2.90. The molecule has 0 aromatic carbocycles. The number of fused-ring (bicyclic) bond motifs is 1. The number of nitrogens with zero attached hydrogens (tertiary/aromatic N) is 3. The van der Waals surface area contributed by atoms with Crippen LogP contribution in [0.25, 0.3) is 0 Å². The molecule has 94 valence electrons. The zero-order valence-corrected chi connectivity index (χ0v) is 10.3. The van der Waals surface area contributed by atoms with Crippen molar-refractivity contribution in [3.8, 4) is 0 Å². The van der Waals surface area contributed by atoms with Crippen LogP contribution in [0.2, 0.25) is 0 Å². The minimum atomic E-state index is -3.48. The van der Waals surface area contributed by atoms with E-state index in [0.29, 0.717) is 26.3 Å². The summed E-state index contributed by atoms with van der Waals surface area (Å²) in [4.78, 5) is 0. The van der Waals surface area contributed by atoms with E-state index < -0.39 is 10.2 Å². The van der Waals surface area contributed by atoms with E-state index in [9.17, 15) is 8.42 Å². The van der Waals surface area contributed by atoms with Gasteiger partial charge in [-0.2, -0.15) is 21.9 Å². The van der Waals surface area contributed by atoms with Crippen molar-refractivity contribution in [2.24, 2.45) is 0 Å². The first kappa shape index (κ1) is 11.2. The molecule has 0 amide bonds. The fraction of sp³-hybridized carbons (Fsp3) is 0.700. The standard InChI is InChI=1S/C10H15N3O3S/c14-17(15,12-4-6-16-7-5-12)13-8-9-2-1-3-10(9)11-13/h8H,1-7H2. The summed E-state index contributed by atoms with van der Waals surface area (Å²) in [5, 5.41) is 4.18. The maximum Gasteiger partial charge on any atom is 0.323 e. The molecule has 0 atom stereocenters. The van der Waals surface area contributed by atoms with Crippen LogP contribution in [-0.2, 0) is 27.8 Å². The predicted molar refractivity (Wildman–Crippen MR) is 61.0 cm³/mol. The van der Waals surface area contributed by atoms with Crippen LogP contribution in [0.1, 0.15) is 17.7 Å². The third-order valence-electron chi connectivity index (χ3n) is 3.25. The summed E-state index contributed by atoms with van der Waals surface area (Å²) >= 11 is 0. The molecule has 1 saturated heterocycles. The molecule has 1 aliphatic heterocycles. The van der Waals surface area contributed by atoms with Gasteiger partial charge in [0.25, 0.3) is 0 Å². The minimum Gasteiger partial charge on any atom is -0.379 e. The van der Waals surface area contributed by atoms with Gasteiger partial charge in [0.05, 0.1) is 18.9 Å². The Morgan fingerprint density at radius 3 is 2.71 bits per heavy atom. The Hall–Kier alpha value is -0.920. The summed E-state index contributed by atoms with van der Waals surface area (Å²) in [6, 6.07) is 0. The average molecular weight is 257 g/mol. The molecule has 1 aromatic heterocycles. The second-order valence-corrected chi connectivity index (χ2v) is 6.13. The molecule has 0 N–H and O–H groups in total. The number of hydrogen-bond donors (Lipinski definition) is 0. The van der Waals surface area contributed by atoms with Gasteiger partial charge >= 0.3 is 10.2 Å².